The van der Waals surface area contributed by atoms with Crippen molar-refractivity contribution in [3.05, 3.63) is 30.9 Å². The van der Waals surface area contributed by atoms with Crippen molar-refractivity contribution in [1.82, 2.24) is 14.7 Å². The molecule has 0 aliphatic heterocycles. The van der Waals surface area contributed by atoms with E-state index in [0.29, 0.717) is 12.2 Å². The summed E-state index contributed by atoms with van der Waals surface area (Å²) in [6.45, 7) is 5.29. The molecule has 0 aliphatic rings. The molecule has 15 heavy (non-hydrogen) atoms. The van der Waals surface area contributed by atoms with Crippen molar-refractivity contribution in [1.29, 1.82) is 0 Å². The highest BCUT2D eigenvalue weighted by molar-refractivity contribution is 7.89. The summed E-state index contributed by atoms with van der Waals surface area (Å²) < 4.78 is 25.5. The lowest BCUT2D eigenvalue weighted by atomic mass is 10.2. The van der Waals surface area contributed by atoms with Gasteiger partial charge >= 0.3 is 0 Å². The third-order valence-corrected chi connectivity index (χ3v) is 3.23. The molecule has 0 aliphatic carbocycles. The van der Waals surface area contributed by atoms with Crippen molar-refractivity contribution in [3.8, 4) is 0 Å². The van der Waals surface area contributed by atoms with Gasteiger partial charge in [-0.25, -0.2) is 18.1 Å². The fraction of sp³-hybridized carbons (Fsp3) is 0.444. The Balaban J connectivity index is 2.74. The van der Waals surface area contributed by atoms with Crippen molar-refractivity contribution in [2.24, 2.45) is 0 Å². The molecule has 0 amide bonds. The van der Waals surface area contributed by atoms with Crippen LogP contribution in [0, 0.1) is 0 Å². The molecule has 6 heteroatoms. The number of hydrogen-bond acceptors (Lipinski definition) is 3. The first-order chi connectivity index (χ1) is 7.09. The van der Waals surface area contributed by atoms with E-state index in [0.717, 1.165) is 0 Å². The maximum atomic E-state index is 11.5. The highest BCUT2D eigenvalue weighted by atomic mass is 32.2. The summed E-state index contributed by atoms with van der Waals surface area (Å²) in [5.74, 6) is 0.551. The maximum absolute atomic E-state index is 11.5. The Morgan fingerprint density at radius 3 is 2.93 bits per heavy atom. The molecule has 84 valence electrons. The van der Waals surface area contributed by atoms with Gasteiger partial charge in [-0.15, -0.1) is 6.58 Å². The second kappa shape index (κ2) is 5.09. The lowest BCUT2D eigenvalue weighted by Gasteiger charge is -2.13. The van der Waals surface area contributed by atoms with Gasteiger partial charge in [0.15, 0.2) is 0 Å². The summed E-state index contributed by atoms with van der Waals surface area (Å²) in [5, 5.41) is 0. The van der Waals surface area contributed by atoms with Crippen LogP contribution in [0.15, 0.2) is 25.0 Å². The predicted molar refractivity (Wildman–Crippen MR) is 58.7 cm³/mol. The Hall–Kier alpha value is -1.14. The molecule has 0 saturated carbocycles. The van der Waals surface area contributed by atoms with E-state index in [2.05, 4.69) is 21.3 Å². The number of H-pyrrole nitrogens is 1. The lowest BCUT2D eigenvalue weighted by molar-refractivity contribution is 0.542. The predicted octanol–water partition coefficient (Wildman–Crippen LogP) is 0.966. The molecule has 5 nitrogen and oxygen atoms in total. The van der Waals surface area contributed by atoms with Gasteiger partial charge in [0.05, 0.1) is 11.8 Å². The molecular formula is C9H15N3O2S. The number of imidazole rings is 1. The van der Waals surface area contributed by atoms with E-state index in [9.17, 15) is 8.42 Å². The van der Waals surface area contributed by atoms with Gasteiger partial charge in [0.1, 0.15) is 5.82 Å². The first-order valence-corrected chi connectivity index (χ1v) is 6.34. The minimum atomic E-state index is -3.30. The number of rotatable bonds is 6. The summed E-state index contributed by atoms with van der Waals surface area (Å²) in [7, 11) is -3.30. The summed E-state index contributed by atoms with van der Waals surface area (Å²) in [6.07, 6.45) is 5.26. The molecule has 0 radical (unpaired) electrons. The van der Waals surface area contributed by atoms with Crippen LogP contribution in [0.4, 0.5) is 0 Å². The quantitative estimate of drug-likeness (QED) is 0.714. The molecule has 1 aromatic heterocycles. The summed E-state index contributed by atoms with van der Waals surface area (Å²) in [4.78, 5) is 6.91. The number of sulfonamides is 1. The van der Waals surface area contributed by atoms with Crippen LogP contribution in [0.2, 0.25) is 0 Å². The number of aromatic amines is 1. The Morgan fingerprint density at radius 1 is 1.73 bits per heavy atom. The molecule has 1 heterocycles. The van der Waals surface area contributed by atoms with Gasteiger partial charge in [0.25, 0.3) is 0 Å². The molecular weight excluding hydrogens is 214 g/mol. The Morgan fingerprint density at radius 2 is 2.47 bits per heavy atom. The van der Waals surface area contributed by atoms with Crippen molar-refractivity contribution in [2.45, 2.75) is 19.4 Å². The normalized spacial score (nSPS) is 13.7. The van der Waals surface area contributed by atoms with Crippen LogP contribution < -0.4 is 4.72 Å². The number of nitrogens with zero attached hydrogens (tertiary/aromatic N) is 1. The Bertz CT molecular complexity index is 397. The lowest BCUT2D eigenvalue weighted by Crippen LogP contribution is -2.30. The van der Waals surface area contributed by atoms with Gasteiger partial charge in [-0.2, -0.15) is 0 Å². The van der Waals surface area contributed by atoms with Gasteiger partial charge in [0.2, 0.25) is 10.0 Å². The number of nitrogens with one attached hydrogen (secondary N) is 2. The standard InChI is InChI=1S/C9H15N3O2S/c1-3-7-15(13,14)12-8(4-2)9-10-5-6-11-9/h3,5-6,8,12H,1,4,7H2,2H3,(H,10,11). The van der Waals surface area contributed by atoms with Crippen molar-refractivity contribution in [2.75, 3.05) is 5.75 Å². The second-order valence-electron chi connectivity index (χ2n) is 3.12. The van der Waals surface area contributed by atoms with E-state index in [1.54, 1.807) is 12.4 Å². The van der Waals surface area contributed by atoms with Crippen LogP contribution in [0.1, 0.15) is 25.2 Å². The first kappa shape index (κ1) is 11.9. The van der Waals surface area contributed by atoms with Gasteiger partial charge in [-0.05, 0) is 6.42 Å². The monoisotopic (exact) mass is 229 g/mol. The SMILES string of the molecule is C=CCS(=O)(=O)NC(CC)c1ncc[nH]1. The smallest absolute Gasteiger partial charge is 0.215 e. The minimum Gasteiger partial charge on any atom is -0.347 e. The van der Waals surface area contributed by atoms with Gasteiger partial charge < -0.3 is 4.98 Å². The molecule has 0 saturated heterocycles. The van der Waals surface area contributed by atoms with E-state index < -0.39 is 10.0 Å². The largest absolute Gasteiger partial charge is 0.347 e. The van der Waals surface area contributed by atoms with Crippen LogP contribution in [-0.4, -0.2) is 24.1 Å². The summed E-state index contributed by atoms with van der Waals surface area (Å²) in [5.41, 5.74) is 0. The van der Waals surface area contributed by atoms with Gasteiger partial charge in [0, 0.05) is 12.4 Å². The van der Waals surface area contributed by atoms with Crippen molar-refractivity contribution in [3.63, 3.8) is 0 Å². The topological polar surface area (TPSA) is 74.8 Å². The summed E-state index contributed by atoms with van der Waals surface area (Å²) in [6, 6.07) is -0.301. The van der Waals surface area contributed by atoms with Crippen molar-refractivity contribution < 1.29 is 8.42 Å². The Labute approximate surface area is 89.7 Å². The molecule has 1 atom stereocenters. The second-order valence-corrected chi connectivity index (χ2v) is 4.92. The first-order valence-electron chi connectivity index (χ1n) is 4.69. The highest BCUT2D eigenvalue weighted by Gasteiger charge is 2.18. The van der Waals surface area contributed by atoms with Crippen LogP contribution in [-0.2, 0) is 10.0 Å². The van der Waals surface area contributed by atoms with E-state index in [1.807, 2.05) is 6.92 Å². The van der Waals surface area contributed by atoms with E-state index in [4.69, 9.17) is 0 Å². The fourth-order valence-electron chi connectivity index (χ4n) is 1.22. The minimum absolute atomic E-state index is 0.0792. The molecule has 2 N–H and O–H groups in total. The van der Waals surface area contributed by atoms with Gasteiger partial charge in [-0.1, -0.05) is 13.0 Å². The number of hydrogen-bond donors (Lipinski definition) is 2. The zero-order chi connectivity index (χ0) is 11.3. The summed E-state index contributed by atoms with van der Waals surface area (Å²) >= 11 is 0. The zero-order valence-electron chi connectivity index (χ0n) is 8.60. The molecule has 0 fully saturated rings. The zero-order valence-corrected chi connectivity index (χ0v) is 9.42. The average Bonchev–Trinajstić information content (AvgIpc) is 2.67. The average molecular weight is 229 g/mol. The molecule has 0 spiro atoms. The third-order valence-electron chi connectivity index (χ3n) is 1.92. The van der Waals surface area contributed by atoms with Crippen LogP contribution in [0.3, 0.4) is 0 Å². The van der Waals surface area contributed by atoms with E-state index >= 15 is 0 Å². The highest BCUT2D eigenvalue weighted by Crippen LogP contribution is 2.12. The molecule has 1 rings (SSSR count). The molecule has 0 aromatic carbocycles. The van der Waals surface area contributed by atoms with Crippen LogP contribution >= 0.6 is 0 Å². The van der Waals surface area contributed by atoms with E-state index in [-0.39, 0.29) is 11.8 Å². The van der Waals surface area contributed by atoms with E-state index in [1.165, 1.54) is 6.08 Å². The maximum Gasteiger partial charge on any atom is 0.215 e. The third kappa shape index (κ3) is 3.49. The number of aromatic nitrogens is 2. The van der Waals surface area contributed by atoms with Crippen LogP contribution in [0.25, 0.3) is 0 Å². The van der Waals surface area contributed by atoms with Crippen molar-refractivity contribution >= 4 is 10.0 Å². The van der Waals surface area contributed by atoms with Gasteiger partial charge in [-0.3, -0.25) is 0 Å². The molecule has 0 bridgehead atoms. The molecule has 1 aromatic rings. The molecule has 1 unspecified atom stereocenters. The van der Waals surface area contributed by atoms with Crippen LogP contribution in [0.5, 0.6) is 0 Å². The fourth-order valence-corrected chi connectivity index (χ4v) is 2.34. The Kier molecular flexibility index (Phi) is 4.05.